The second kappa shape index (κ2) is 2.48. The van der Waals surface area contributed by atoms with Crippen molar-refractivity contribution in [3.8, 4) is 0 Å². The Bertz CT molecular complexity index is 352. The van der Waals surface area contributed by atoms with Gasteiger partial charge < -0.3 is 0 Å². The molecule has 1 aliphatic carbocycles. The number of amides is 1. The molecule has 1 atom stereocenters. The van der Waals surface area contributed by atoms with Crippen LogP contribution < -0.4 is 0 Å². The zero-order valence-corrected chi connectivity index (χ0v) is 6.07. The van der Waals surface area contributed by atoms with E-state index in [4.69, 9.17) is 0 Å². The molecule has 1 aliphatic heterocycles. The van der Waals surface area contributed by atoms with Gasteiger partial charge in [-0.3, -0.25) is 9.79 Å². The third kappa shape index (κ3) is 1.11. The van der Waals surface area contributed by atoms with Gasteiger partial charge >= 0.3 is 0 Å². The van der Waals surface area contributed by atoms with E-state index >= 15 is 0 Å². The number of halogens is 1. The lowest BCUT2D eigenvalue weighted by molar-refractivity contribution is -0.111. The van der Waals surface area contributed by atoms with Crippen LogP contribution in [0.15, 0.2) is 34.0 Å². The van der Waals surface area contributed by atoms with Crippen molar-refractivity contribution < 1.29 is 9.18 Å². The van der Waals surface area contributed by atoms with Crippen molar-refractivity contribution in [3.63, 3.8) is 0 Å². The van der Waals surface area contributed by atoms with E-state index in [-0.39, 0.29) is 6.04 Å². The number of hydrogen-bond acceptors (Lipinski definition) is 2. The second-order valence-corrected chi connectivity index (χ2v) is 2.49. The summed E-state index contributed by atoms with van der Waals surface area (Å²) >= 11 is 0. The lowest BCUT2D eigenvalue weighted by Crippen LogP contribution is -2.23. The van der Waals surface area contributed by atoms with Crippen molar-refractivity contribution in [2.45, 2.75) is 6.04 Å². The van der Waals surface area contributed by atoms with Crippen LogP contribution in [0.2, 0.25) is 0 Å². The average Bonchev–Trinajstić information content (AvgIpc) is 2.03. The fraction of sp³-hybridized carbons (Fsp3) is 0.125. The first-order valence-electron chi connectivity index (χ1n) is 3.47. The van der Waals surface area contributed by atoms with Gasteiger partial charge in [-0.05, 0) is 12.2 Å². The Labute approximate surface area is 68.0 Å². The van der Waals surface area contributed by atoms with Crippen molar-refractivity contribution in [1.82, 2.24) is 0 Å². The smallest absolute Gasteiger partial charge is 0.273 e. The molecule has 4 heteroatoms. The number of aliphatic imine (C=N–C) groups is 2. The lowest BCUT2D eigenvalue weighted by atomic mass is 10.1. The van der Waals surface area contributed by atoms with Crippen molar-refractivity contribution in [2.24, 2.45) is 9.98 Å². The summed E-state index contributed by atoms with van der Waals surface area (Å²) in [6, 6.07) is -0.276. The molecular weight excluding hydrogens is 159 g/mol. The predicted molar refractivity (Wildman–Crippen MR) is 43.1 cm³/mol. The highest BCUT2D eigenvalue weighted by atomic mass is 19.1. The first-order chi connectivity index (χ1) is 5.75. The Balaban J connectivity index is 2.40. The quantitative estimate of drug-likeness (QED) is 0.522. The van der Waals surface area contributed by atoms with Gasteiger partial charge in [-0.25, -0.2) is 9.38 Å². The zero-order valence-electron chi connectivity index (χ0n) is 6.07. The Morgan fingerprint density at radius 3 is 3.17 bits per heavy atom. The molecule has 0 aromatic heterocycles. The number of rotatable bonds is 0. The van der Waals surface area contributed by atoms with E-state index in [1.165, 1.54) is 12.2 Å². The number of hydrogen-bond donors (Lipinski definition) is 0. The summed E-state index contributed by atoms with van der Waals surface area (Å²) in [5, 5.41) is 0. The van der Waals surface area contributed by atoms with Crippen LogP contribution in [0.1, 0.15) is 0 Å². The molecule has 0 aromatic carbocycles. The average molecular weight is 164 g/mol. The summed E-state index contributed by atoms with van der Waals surface area (Å²) in [5.41, 5.74) is 0.377. The van der Waals surface area contributed by atoms with Crippen molar-refractivity contribution in [3.05, 3.63) is 24.1 Å². The van der Waals surface area contributed by atoms with Crippen LogP contribution in [0, 0.1) is 0 Å². The maximum atomic E-state index is 12.6. The van der Waals surface area contributed by atoms with Gasteiger partial charge in [0.25, 0.3) is 5.91 Å². The fourth-order valence-corrected chi connectivity index (χ4v) is 1.08. The van der Waals surface area contributed by atoms with Crippen LogP contribution >= 0.6 is 0 Å². The molecule has 0 saturated carbocycles. The molecule has 1 amide bonds. The SMILES string of the molecule is O=C1C=NC2C=CC(F)=CC2=N1. The molecule has 2 rings (SSSR count). The molecule has 0 fully saturated rings. The van der Waals surface area contributed by atoms with Crippen molar-refractivity contribution in [2.75, 3.05) is 0 Å². The number of carbonyl (C=O) groups excluding carboxylic acids is 1. The molecule has 2 aliphatic rings. The minimum atomic E-state index is -0.430. The van der Waals surface area contributed by atoms with Crippen LogP contribution in [0.4, 0.5) is 4.39 Å². The minimum absolute atomic E-state index is 0.276. The summed E-state index contributed by atoms with van der Waals surface area (Å²) in [6.45, 7) is 0. The molecule has 1 unspecified atom stereocenters. The van der Waals surface area contributed by atoms with E-state index in [0.29, 0.717) is 5.71 Å². The van der Waals surface area contributed by atoms with Gasteiger partial charge in [0.15, 0.2) is 0 Å². The monoisotopic (exact) mass is 164 g/mol. The van der Waals surface area contributed by atoms with Crippen LogP contribution in [-0.2, 0) is 4.79 Å². The van der Waals surface area contributed by atoms with Crippen LogP contribution in [0.3, 0.4) is 0 Å². The van der Waals surface area contributed by atoms with E-state index in [1.54, 1.807) is 6.08 Å². The van der Waals surface area contributed by atoms with Crippen LogP contribution in [0.5, 0.6) is 0 Å². The minimum Gasteiger partial charge on any atom is -0.273 e. The van der Waals surface area contributed by atoms with Gasteiger partial charge in [0.05, 0.1) is 11.9 Å². The van der Waals surface area contributed by atoms with E-state index < -0.39 is 11.7 Å². The third-order valence-electron chi connectivity index (χ3n) is 1.61. The topological polar surface area (TPSA) is 41.8 Å². The molecule has 0 radical (unpaired) electrons. The van der Waals surface area contributed by atoms with Gasteiger partial charge in [0, 0.05) is 0 Å². The molecule has 0 bridgehead atoms. The summed E-state index contributed by atoms with van der Waals surface area (Å²) < 4.78 is 12.6. The Morgan fingerprint density at radius 2 is 2.33 bits per heavy atom. The molecule has 0 saturated heterocycles. The molecule has 0 N–H and O–H groups in total. The summed E-state index contributed by atoms with van der Waals surface area (Å²) in [6.07, 6.45) is 5.25. The largest absolute Gasteiger partial charge is 0.288 e. The standard InChI is InChI=1S/C8H5FN2O/c9-5-1-2-6-7(3-5)11-8(12)4-10-6/h1-4,6H. The molecule has 12 heavy (non-hydrogen) atoms. The number of fused-ring (bicyclic) bond motifs is 1. The van der Waals surface area contributed by atoms with Crippen molar-refractivity contribution >= 4 is 17.8 Å². The van der Waals surface area contributed by atoms with E-state index in [1.807, 2.05) is 0 Å². The Kier molecular flexibility index (Phi) is 1.46. The first-order valence-corrected chi connectivity index (χ1v) is 3.47. The molecule has 3 nitrogen and oxygen atoms in total. The zero-order chi connectivity index (χ0) is 8.55. The third-order valence-corrected chi connectivity index (χ3v) is 1.61. The molecule has 60 valence electrons. The summed E-state index contributed by atoms with van der Waals surface area (Å²) in [7, 11) is 0. The van der Waals surface area contributed by atoms with Crippen LogP contribution in [0.25, 0.3) is 0 Å². The lowest BCUT2D eigenvalue weighted by Gasteiger charge is -2.13. The summed E-state index contributed by atoms with van der Waals surface area (Å²) in [5.74, 6) is -0.824. The van der Waals surface area contributed by atoms with Crippen molar-refractivity contribution in [1.29, 1.82) is 0 Å². The van der Waals surface area contributed by atoms with E-state index in [2.05, 4.69) is 9.98 Å². The Hall–Kier alpha value is -1.58. The second-order valence-electron chi connectivity index (χ2n) is 2.49. The summed E-state index contributed by atoms with van der Waals surface area (Å²) in [4.78, 5) is 18.2. The Morgan fingerprint density at radius 1 is 1.50 bits per heavy atom. The number of nitrogens with zero attached hydrogens (tertiary/aromatic N) is 2. The maximum absolute atomic E-state index is 12.6. The normalized spacial score (nSPS) is 26.4. The molecular formula is C8H5FN2O. The van der Waals surface area contributed by atoms with Gasteiger partial charge in [-0.2, -0.15) is 0 Å². The molecule has 0 spiro atoms. The number of carbonyl (C=O) groups is 1. The van der Waals surface area contributed by atoms with Gasteiger partial charge in [0.2, 0.25) is 0 Å². The highest BCUT2D eigenvalue weighted by molar-refractivity contribution is 6.32. The van der Waals surface area contributed by atoms with E-state index in [9.17, 15) is 9.18 Å². The predicted octanol–water partition coefficient (Wildman–Crippen LogP) is 0.830. The number of allylic oxidation sites excluding steroid dienone is 2. The van der Waals surface area contributed by atoms with Crippen LogP contribution in [-0.4, -0.2) is 23.9 Å². The maximum Gasteiger partial charge on any atom is 0.288 e. The molecule has 1 heterocycles. The highest BCUT2D eigenvalue weighted by Gasteiger charge is 2.18. The molecule has 0 aromatic rings. The highest BCUT2D eigenvalue weighted by Crippen LogP contribution is 2.14. The van der Waals surface area contributed by atoms with Gasteiger partial charge in [-0.1, -0.05) is 6.08 Å². The van der Waals surface area contributed by atoms with E-state index in [0.717, 1.165) is 6.21 Å². The first kappa shape index (κ1) is 7.09. The van der Waals surface area contributed by atoms with Gasteiger partial charge in [-0.15, -0.1) is 0 Å². The van der Waals surface area contributed by atoms with Gasteiger partial charge in [0.1, 0.15) is 11.9 Å². The fourth-order valence-electron chi connectivity index (χ4n) is 1.08.